The molecule has 1 fully saturated rings. The summed E-state index contributed by atoms with van der Waals surface area (Å²) >= 11 is 0. The molecule has 0 saturated carbocycles. The summed E-state index contributed by atoms with van der Waals surface area (Å²) in [7, 11) is 0. The molecule has 3 rings (SSSR count). The van der Waals surface area contributed by atoms with E-state index < -0.39 is 0 Å². The molecule has 4 heteroatoms. The Morgan fingerprint density at radius 3 is 2.81 bits per heavy atom. The van der Waals surface area contributed by atoms with Crippen LogP contribution >= 0.6 is 0 Å². The van der Waals surface area contributed by atoms with Crippen molar-refractivity contribution in [2.24, 2.45) is 0 Å². The summed E-state index contributed by atoms with van der Waals surface area (Å²) in [5.74, 6) is 0.00876. The minimum Gasteiger partial charge on any atom is -0.379 e. The molecule has 0 atom stereocenters. The van der Waals surface area contributed by atoms with Gasteiger partial charge in [-0.25, -0.2) is 0 Å². The number of carbonyl (C=O) groups excluding carboxylic acids is 1. The lowest BCUT2D eigenvalue weighted by Crippen LogP contribution is -2.53. The van der Waals surface area contributed by atoms with Crippen molar-refractivity contribution in [1.82, 2.24) is 10.2 Å². The second-order valence-corrected chi connectivity index (χ2v) is 6.37. The maximum absolute atomic E-state index is 12.5. The zero-order chi connectivity index (χ0) is 14.9. The molecule has 0 aromatic heterocycles. The average molecular weight is 286 g/mol. The van der Waals surface area contributed by atoms with Gasteiger partial charge < -0.3 is 10.1 Å². The second-order valence-electron chi connectivity index (χ2n) is 6.37. The van der Waals surface area contributed by atoms with E-state index in [9.17, 15) is 4.79 Å². The lowest BCUT2D eigenvalue weighted by Gasteiger charge is -2.35. The first-order valence-corrected chi connectivity index (χ1v) is 7.49. The van der Waals surface area contributed by atoms with Crippen LogP contribution in [0.1, 0.15) is 13.8 Å². The van der Waals surface area contributed by atoms with Crippen LogP contribution < -0.4 is 5.32 Å². The Bertz CT molecular complexity index is 561. The number of hydrogen-bond donors (Lipinski definition) is 1. The zero-order valence-electron chi connectivity index (χ0n) is 12.7. The molecule has 1 amide bonds. The predicted molar refractivity (Wildman–Crippen MR) is 82.9 cm³/mol. The molecule has 4 nitrogen and oxygen atoms in total. The van der Waals surface area contributed by atoms with Crippen LogP contribution in [0.4, 0.5) is 0 Å². The van der Waals surface area contributed by atoms with Crippen LogP contribution in [-0.2, 0) is 9.53 Å². The van der Waals surface area contributed by atoms with Gasteiger partial charge in [-0.05, 0) is 31.1 Å². The molecule has 2 aliphatic carbocycles. The van der Waals surface area contributed by atoms with Gasteiger partial charge in [0.2, 0.25) is 0 Å². The highest BCUT2D eigenvalue weighted by Crippen LogP contribution is 2.30. The molecule has 0 unspecified atom stereocenters. The molecule has 0 radical (unpaired) electrons. The minimum absolute atomic E-state index is 0.00876. The molecule has 21 heavy (non-hydrogen) atoms. The quantitative estimate of drug-likeness (QED) is 0.853. The number of nitrogens with one attached hydrogen (secondary N) is 1. The Kier molecular flexibility index (Phi) is 3.83. The fourth-order valence-electron chi connectivity index (χ4n) is 3.02. The third-order valence-corrected chi connectivity index (χ3v) is 3.99. The Morgan fingerprint density at radius 1 is 1.29 bits per heavy atom. The summed E-state index contributed by atoms with van der Waals surface area (Å²) < 4.78 is 5.36. The van der Waals surface area contributed by atoms with Crippen molar-refractivity contribution in [3.63, 3.8) is 0 Å². The topological polar surface area (TPSA) is 41.6 Å². The highest BCUT2D eigenvalue weighted by atomic mass is 16.5. The number of fused-ring (bicyclic) bond motifs is 1. The number of amides is 1. The normalized spacial score (nSPS) is 21.7. The van der Waals surface area contributed by atoms with Crippen LogP contribution in [0.15, 0.2) is 47.1 Å². The predicted octanol–water partition coefficient (Wildman–Crippen LogP) is 1.58. The van der Waals surface area contributed by atoms with Crippen molar-refractivity contribution in [1.29, 1.82) is 0 Å². The molecule has 112 valence electrons. The first-order valence-electron chi connectivity index (χ1n) is 7.49. The smallest absolute Gasteiger partial charge is 0.252 e. The molecule has 0 aromatic rings. The summed E-state index contributed by atoms with van der Waals surface area (Å²) in [5.41, 5.74) is 2.68. The van der Waals surface area contributed by atoms with Gasteiger partial charge >= 0.3 is 0 Å². The van der Waals surface area contributed by atoms with Crippen molar-refractivity contribution >= 4 is 5.91 Å². The van der Waals surface area contributed by atoms with Gasteiger partial charge in [-0.1, -0.05) is 24.3 Å². The van der Waals surface area contributed by atoms with Gasteiger partial charge in [-0.15, -0.1) is 0 Å². The number of carbonyl (C=O) groups is 1. The first kappa shape index (κ1) is 14.3. The van der Waals surface area contributed by atoms with Crippen molar-refractivity contribution in [2.45, 2.75) is 19.4 Å². The highest BCUT2D eigenvalue weighted by Gasteiger charge is 2.28. The van der Waals surface area contributed by atoms with E-state index in [1.807, 2.05) is 30.4 Å². The lowest BCUT2D eigenvalue weighted by molar-refractivity contribution is -0.119. The molecule has 1 N–H and O–H groups in total. The molecule has 3 aliphatic rings. The van der Waals surface area contributed by atoms with E-state index >= 15 is 0 Å². The fraction of sp³-hybridized carbons (Fsp3) is 0.471. The Hall–Kier alpha value is -1.65. The minimum atomic E-state index is -0.259. The molecule has 1 aliphatic heterocycles. The van der Waals surface area contributed by atoms with Gasteiger partial charge in [-0.3, -0.25) is 9.69 Å². The van der Waals surface area contributed by atoms with Crippen LogP contribution in [0.5, 0.6) is 0 Å². The van der Waals surface area contributed by atoms with E-state index in [0.29, 0.717) is 0 Å². The largest absolute Gasteiger partial charge is 0.379 e. The van der Waals surface area contributed by atoms with Gasteiger partial charge in [0.05, 0.1) is 13.2 Å². The van der Waals surface area contributed by atoms with E-state index in [1.54, 1.807) is 0 Å². The van der Waals surface area contributed by atoms with E-state index in [2.05, 4.69) is 24.1 Å². The van der Waals surface area contributed by atoms with Crippen LogP contribution in [0, 0.1) is 0 Å². The Labute approximate surface area is 125 Å². The molecular formula is C17H22N2O2. The van der Waals surface area contributed by atoms with Gasteiger partial charge in [-0.2, -0.15) is 0 Å². The standard InChI is InChI=1S/C17H22N2O2/c1-17(2,12-19-8-10-21-11-9-19)18-16(20)15-7-6-13-4-3-5-14(13)15/h3-7H,8-12H2,1-2H3,(H,18,20). The van der Waals surface area contributed by atoms with E-state index in [0.717, 1.165) is 49.6 Å². The van der Waals surface area contributed by atoms with Crippen LogP contribution in [-0.4, -0.2) is 49.2 Å². The second kappa shape index (κ2) is 5.62. The third kappa shape index (κ3) is 3.17. The summed E-state index contributed by atoms with van der Waals surface area (Å²) in [4.78, 5) is 14.9. The van der Waals surface area contributed by atoms with Crippen molar-refractivity contribution in [3.05, 3.63) is 47.1 Å². The van der Waals surface area contributed by atoms with E-state index in [4.69, 9.17) is 4.74 Å². The SMILES string of the molecule is CC(C)(CN1CCOCC1)NC(=O)C1=C2C=CC=C2C=C1. The van der Waals surface area contributed by atoms with E-state index in [1.165, 1.54) is 0 Å². The van der Waals surface area contributed by atoms with Crippen molar-refractivity contribution < 1.29 is 9.53 Å². The van der Waals surface area contributed by atoms with Gasteiger partial charge in [0.15, 0.2) is 0 Å². The summed E-state index contributed by atoms with van der Waals surface area (Å²) in [6.45, 7) is 8.41. The van der Waals surface area contributed by atoms with Crippen LogP contribution in [0.2, 0.25) is 0 Å². The third-order valence-electron chi connectivity index (χ3n) is 3.99. The number of ether oxygens (including phenoxy) is 1. The molecule has 0 aromatic carbocycles. The van der Waals surface area contributed by atoms with Crippen molar-refractivity contribution in [2.75, 3.05) is 32.8 Å². The Morgan fingerprint density at radius 2 is 2.05 bits per heavy atom. The number of allylic oxidation sites excluding steroid dienone is 6. The highest BCUT2D eigenvalue weighted by molar-refractivity contribution is 6.01. The molecule has 0 spiro atoms. The van der Waals surface area contributed by atoms with Gasteiger partial charge in [0, 0.05) is 30.7 Å². The fourth-order valence-corrected chi connectivity index (χ4v) is 3.02. The van der Waals surface area contributed by atoms with Gasteiger partial charge in [0.1, 0.15) is 0 Å². The maximum Gasteiger partial charge on any atom is 0.252 e. The van der Waals surface area contributed by atoms with Crippen LogP contribution in [0.3, 0.4) is 0 Å². The molecule has 1 heterocycles. The number of hydrogen-bond acceptors (Lipinski definition) is 3. The summed E-state index contributed by atoms with van der Waals surface area (Å²) in [5, 5.41) is 3.17. The number of rotatable bonds is 4. The Balaban J connectivity index is 1.64. The summed E-state index contributed by atoms with van der Waals surface area (Å²) in [6, 6.07) is 0. The van der Waals surface area contributed by atoms with E-state index in [-0.39, 0.29) is 11.4 Å². The number of morpholine rings is 1. The average Bonchev–Trinajstić information content (AvgIpc) is 3.00. The molecule has 1 saturated heterocycles. The first-order chi connectivity index (χ1) is 10.1. The summed E-state index contributed by atoms with van der Waals surface area (Å²) in [6.07, 6.45) is 9.93. The molecular weight excluding hydrogens is 264 g/mol. The zero-order valence-corrected chi connectivity index (χ0v) is 12.7. The molecule has 0 bridgehead atoms. The van der Waals surface area contributed by atoms with Gasteiger partial charge in [0.25, 0.3) is 5.91 Å². The number of nitrogens with zero attached hydrogens (tertiary/aromatic N) is 1. The lowest BCUT2D eigenvalue weighted by atomic mass is 10.0. The van der Waals surface area contributed by atoms with Crippen molar-refractivity contribution in [3.8, 4) is 0 Å². The monoisotopic (exact) mass is 286 g/mol. The maximum atomic E-state index is 12.5. The van der Waals surface area contributed by atoms with Crippen LogP contribution in [0.25, 0.3) is 0 Å².